The van der Waals surface area contributed by atoms with Gasteiger partial charge in [0.2, 0.25) is 0 Å². The Hall–Kier alpha value is -3.41. The maximum absolute atomic E-state index is 13.7. The van der Waals surface area contributed by atoms with E-state index in [1.807, 2.05) is 13.8 Å². The quantitative estimate of drug-likeness (QED) is 0.311. The fourth-order valence-electron chi connectivity index (χ4n) is 4.44. The van der Waals surface area contributed by atoms with Crippen molar-refractivity contribution in [1.82, 2.24) is 9.88 Å². The number of nitrogens with zero attached hydrogens (tertiary/aromatic N) is 1. The van der Waals surface area contributed by atoms with E-state index in [0.717, 1.165) is 17.5 Å². The fraction of sp³-hybridized carbons (Fsp3) is 0.321. The molecule has 0 spiro atoms. The number of fused-ring (bicyclic) bond motifs is 1. The molecule has 0 saturated carbocycles. The molecule has 4 rings (SSSR count). The number of nitrogens with one attached hydrogen (secondary N) is 1. The number of aliphatic carboxylic acids is 1. The van der Waals surface area contributed by atoms with Gasteiger partial charge >= 0.3 is 192 Å². The molecule has 0 aliphatic carbocycles. The molecule has 1 aliphatic rings. The molecule has 2 heterocycles. The van der Waals surface area contributed by atoms with E-state index >= 15 is 0 Å². The topological polar surface area (TPSA) is 107 Å². The molecule has 0 saturated heterocycles. The Morgan fingerprint density at radius 2 is 1.84 bits per heavy atom. The van der Waals surface area contributed by atoms with Gasteiger partial charge in [-0.25, -0.2) is 4.39 Å². The Morgan fingerprint density at radius 3 is 2.55 bits per heavy atom. The van der Waals surface area contributed by atoms with Crippen molar-refractivity contribution >= 4 is 11.9 Å². The van der Waals surface area contributed by atoms with Gasteiger partial charge in [-0.3, -0.25) is 0 Å². The SMILES string of the molecule is CCCCC(C(=O)NC(CC(=O)O)c1ccc2c(c1)O[I-]O2)n1cc(C)cc(Cc2ccc(F)cc2)c1=O. The number of carbonyl (C=O) groups excluding carboxylic acids is 1. The monoisotopic (exact) mass is 635 g/mol. The van der Waals surface area contributed by atoms with E-state index in [1.165, 1.54) is 16.7 Å². The molecular weight excluding hydrogens is 606 g/mol. The second kappa shape index (κ2) is 12.4. The van der Waals surface area contributed by atoms with Gasteiger partial charge in [0.25, 0.3) is 0 Å². The zero-order valence-electron chi connectivity index (χ0n) is 21.1. The zero-order valence-corrected chi connectivity index (χ0v) is 23.2. The maximum atomic E-state index is 13.7. The molecule has 8 nitrogen and oxygen atoms in total. The summed E-state index contributed by atoms with van der Waals surface area (Å²) in [6.45, 7) is 3.85. The van der Waals surface area contributed by atoms with Gasteiger partial charge in [-0.1, -0.05) is 12.1 Å². The van der Waals surface area contributed by atoms with Crippen LogP contribution >= 0.6 is 0 Å². The number of pyridine rings is 1. The standard InChI is InChI=1S/C28H29FIN2O6/c1-3-4-5-23(32-16-17(2)12-20(28(32)36)13-18-6-9-21(29)10-7-18)27(35)31-22(15-26(33)34)19-8-11-24-25(14-19)38-30-37-24/h6-12,14,16,22-23H,3-5,13,15H2,1-2H3,(H,31,35)(H,33,34)/q-1. The number of aryl methyl sites for hydroxylation is 1. The first-order chi connectivity index (χ1) is 18.2. The zero-order chi connectivity index (χ0) is 27.2. The average molecular weight is 635 g/mol. The van der Waals surface area contributed by atoms with Crippen molar-refractivity contribution in [2.24, 2.45) is 0 Å². The molecule has 2 aromatic carbocycles. The van der Waals surface area contributed by atoms with Gasteiger partial charge in [-0.2, -0.15) is 0 Å². The minimum absolute atomic E-state index is 0.296. The molecule has 0 bridgehead atoms. The second-order valence-electron chi connectivity index (χ2n) is 9.30. The number of carboxylic acid groups (broad SMARTS) is 1. The van der Waals surface area contributed by atoms with Crippen LogP contribution in [0.4, 0.5) is 4.39 Å². The molecule has 2 atom stereocenters. The van der Waals surface area contributed by atoms with Crippen LogP contribution in [0.5, 0.6) is 11.5 Å². The third-order valence-corrected chi connectivity index (χ3v) is 7.63. The van der Waals surface area contributed by atoms with Crippen molar-refractivity contribution in [3.63, 3.8) is 0 Å². The van der Waals surface area contributed by atoms with E-state index < -0.39 is 46.0 Å². The van der Waals surface area contributed by atoms with Crippen molar-refractivity contribution in [3.8, 4) is 11.5 Å². The Kier molecular flexibility index (Phi) is 9.03. The summed E-state index contributed by atoms with van der Waals surface area (Å²) in [6.07, 6.45) is 3.54. The van der Waals surface area contributed by atoms with E-state index in [-0.39, 0.29) is 17.8 Å². The summed E-state index contributed by atoms with van der Waals surface area (Å²) in [4.78, 5) is 38.9. The van der Waals surface area contributed by atoms with Crippen molar-refractivity contribution in [2.45, 2.75) is 58.0 Å². The minimum atomic E-state index is -1.07. The second-order valence-corrected chi connectivity index (χ2v) is 10.5. The third-order valence-electron chi connectivity index (χ3n) is 6.33. The van der Waals surface area contributed by atoms with Crippen LogP contribution in [0, 0.1) is 12.7 Å². The van der Waals surface area contributed by atoms with Gasteiger partial charge in [0.15, 0.2) is 0 Å². The van der Waals surface area contributed by atoms with Crippen LogP contribution in [0.25, 0.3) is 0 Å². The van der Waals surface area contributed by atoms with E-state index in [2.05, 4.69) is 5.32 Å². The summed E-state index contributed by atoms with van der Waals surface area (Å²) in [5.74, 6) is -0.729. The number of carboxylic acids is 1. The number of hydrogen-bond acceptors (Lipinski definition) is 5. The van der Waals surface area contributed by atoms with E-state index in [4.69, 9.17) is 6.13 Å². The van der Waals surface area contributed by atoms with Crippen LogP contribution in [-0.4, -0.2) is 21.6 Å². The molecule has 0 radical (unpaired) electrons. The molecule has 1 aliphatic heterocycles. The first kappa shape index (κ1) is 27.6. The Balaban J connectivity index is 1.65. The third kappa shape index (κ3) is 6.72. The van der Waals surface area contributed by atoms with Crippen molar-refractivity contribution in [3.05, 3.63) is 93.2 Å². The summed E-state index contributed by atoms with van der Waals surface area (Å²) in [5, 5.41) is 12.4. The van der Waals surface area contributed by atoms with Gasteiger partial charge in [0, 0.05) is 0 Å². The molecule has 0 fully saturated rings. The molecule has 1 aromatic heterocycles. The number of carbonyl (C=O) groups is 2. The van der Waals surface area contributed by atoms with Crippen molar-refractivity contribution in [1.29, 1.82) is 0 Å². The van der Waals surface area contributed by atoms with Crippen LogP contribution in [0.15, 0.2) is 59.5 Å². The fourth-order valence-corrected chi connectivity index (χ4v) is 5.62. The molecule has 2 unspecified atom stereocenters. The van der Waals surface area contributed by atoms with Gasteiger partial charge in [0.1, 0.15) is 5.82 Å². The molecular formula is C28H29FIN2O6-. The molecule has 10 heteroatoms. The van der Waals surface area contributed by atoms with E-state index in [0.29, 0.717) is 41.9 Å². The first-order valence-electron chi connectivity index (χ1n) is 12.4. The Labute approximate surface area is 231 Å². The van der Waals surface area contributed by atoms with Gasteiger partial charge in [-0.15, -0.1) is 0 Å². The first-order valence-corrected chi connectivity index (χ1v) is 14.1. The van der Waals surface area contributed by atoms with Crippen LogP contribution < -0.4 is 39.0 Å². The summed E-state index contributed by atoms with van der Waals surface area (Å²) >= 11 is -0.895. The Bertz CT molecular complexity index is 1370. The summed E-state index contributed by atoms with van der Waals surface area (Å²) in [6, 6.07) is 11.2. The van der Waals surface area contributed by atoms with Crippen LogP contribution in [0.2, 0.25) is 0 Å². The number of rotatable bonds is 11. The van der Waals surface area contributed by atoms with Gasteiger partial charge in [0.05, 0.1) is 0 Å². The molecule has 3 aromatic rings. The molecule has 2 N–H and O–H groups in total. The number of amides is 1. The van der Waals surface area contributed by atoms with E-state index in [9.17, 15) is 23.9 Å². The van der Waals surface area contributed by atoms with Crippen molar-refractivity contribution in [2.75, 3.05) is 0 Å². The summed E-state index contributed by atoms with van der Waals surface area (Å²) in [7, 11) is 0. The number of halogens is 2. The van der Waals surface area contributed by atoms with E-state index in [1.54, 1.807) is 42.6 Å². The normalized spacial score (nSPS) is 13.9. The Morgan fingerprint density at radius 1 is 1.11 bits per heavy atom. The van der Waals surface area contributed by atoms with Crippen molar-refractivity contribution < 1.29 is 47.3 Å². The number of aromatic nitrogens is 1. The average Bonchev–Trinajstić information content (AvgIpc) is 3.35. The summed E-state index contributed by atoms with van der Waals surface area (Å²) < 4.78 is 25.8. The van der Waals surface area contributed by atoms with Crippen LogP contribution in [0.3, 0.4) is 0 Å². The number of unbranched alkanes of at least 4 members (excludes halogenated alkanes) is 1. The molecule has 38 heavy (non-hydrogen) atoms. The van der Waals surface area contributed by atoms with Crippen LogP contribution in [-0.2, 0) is 16.0 Å². The predicted molar refractivity (Wildman–Crippen MR) is 134 cm³/mol. The summed E-state index contributed by atoms with van der Waals surface area (Å²) in [5.41, 5.74) is 2.35. The predicted octanol–water partition coefficient (Wildman–Crippen LogP) is 1.64. The molecule has 202 valence electrons. The van der Waals surface area contributed by atoms with Gasteiger partial charge in [-0.05, 0) is 17.7 Å². The van der Waals surface area contributed by atoms with Crippen LogP contribution in [0.1, 0.15) is 66.9 Å². The molecule has 1 amide bonds. The van der Waals surface area contributed by atoms with Gasteiger partial charge < -0.3 is 0 Å². The number of hydrogen-bond donors (Lipinski definition) is 2. The number of benzene rings is 2.